The standard InChI is InChI=1S/C22H26N4O2/c1-15(2)22-24-10-6-17(25-22)13-26-11-8-21(19(27)14-26)28-20-5-3-4-16-12-23-9-7-18(16)20/h3-7,9-10,12,15,19,21,27H,8,11,13-14H2,1-2H3/t19-,21-/m1/s1. The number of β-amino-alcohol motifs (C(OH)–C–C–N with tert-alkyl or cyclic N) is 1. The van der Waals surface area contributed by atoms with Crippen molar-refractivity contribution < 1.29 is 9.84 Å². The second-order valence-electron chi connectivity index (χ2n) is 7.66. The van der Waals surface area contributed by atoms with Gasteiger partial charge in [-0.25, -0.2) is 9.97 Å². The Morgan fingerprint density at radius 1 is 1.21 bits per heavy atom. The molecule has 0 saturated carbocycles. The van der Waals surface area contributed by atoms with E-state index in [1.165, 1.54) is 0 Å². The second-order valence-corrected chi connectivity index (χ2v) is 7.66. The van der Waals surface area contributed by atoms with E-state index in [4.69, 9.17) is 4.74 Å². The number of piperidine rings is 1. The zero-order valence-electron chi connectivity index (χ0n) is 16.3. The van der Waals surface area contributed by atoms with Crippen LogP contribution >= 0.6 is 0 Å². The van der Waals surface area contributed by atoms with Crippen LogP contribution in [0.2, 0.25) is 0 Å². The van der Waals surface area contributed by atoms with Gasteiger partial charge >= 0.3 is 0 Å². The number of hydrogen-bond donors (Lipinski definition) is 1. The van der Waals surface area contributed by atoms with Crippen molar-refractivity contribution in [2.45, 2.75) is 44.9 Å². The van der Waals surface area contributed by atoms with Gasteiger partial charge in [0.1, 0.15) is 23.8 Å². The minimum atomic E-state index is -0.544. The second kappa shape index (κ2) is 8.20. The number of nitrogens with zero attached hydrogens (tertiary/aromatic N) is 4. The lowest BCUT2D eigenvalue weighted by atomic mass is 10.0. The lowest BCUT2D eigenvalue weighted by molar-refractivity contribution is -0.0272. The quantitative estimate of drug-likeness (QED) is 0.735. The molecular formula is C22H26N4O2. The van der Waals surface area contributed by atoms with Gasteiger partial charge < -0.3 is 9.84 Å². The molecule has 3 heterocycles. The lowest BCUT2D eigenvalue weighted by Crippen LogP contribution is -2.48. The first kappa shape index (κ1) is 18.8. The highest BCUT2D eigenvalue weighted by atomic mass is 16.5. The Hall–Kier alpha value is -2.57. The molecule has 1 saturated heterocycles. The molecule has 1 fully saturated rings. The van der Waals surface area contributed by atoms with Crippen molar-refractivity contribution in [1.29, 1.82) is 0 Å². The molecule has 2 aromatic heterocycles. The van der Waals surface area contributed by atoms with Crippen LogP contribution in [0.4, 0.5) is 0 Å². The van der Waals surface area contributed by atoms with Crippen molar-refractivity contribution in [2.75, 3.05) is 13.1 Å². The average Bonchev–Trinajstić information content (AvgIpc) is 2.70. The number of pyridine rings is 1. The van der Waals surface area contributed by atoms with Crippen LogP contribution in [0, 0.1) is 0 Å². The van der Waals surface area contributed by atoms with Crippen LogP contribution in [0.25, 0.3) is 10.8 Å². The van der Waals surface area contributed by atoms with E-state index in [2.05, 4.69) is 33.7 Å². The highest BCUT2D eigenvalue weighted by molar-refractivity contribution is 5.87. The summed E-state index contributed by atoms with van der Waals surface area (Å²) >= 11 is 0. The lowest BCUT2D eigenvalue weighted by Gasteiger charge is -2.36. The van der Waals surface area contributed by atoms with Crippen molar-refractivity contribution in [3.05, 3.63) is 60.4 Å². The summed E-state index contributed by atoms with van der Waals surface area (Å²) in [6.45, 7) is 6.32. The van der Waals surface area contributed by atoms with Crippen molar-refractivity contribution in [1.82, 2.24) is 19.9 Å². The molecule has 0 spiro atoms. The van der Waals surface area contributed by atoms with E-state index in [9.17, 15) is 5.11 Å². The predicted octanol–water partition coefficient (Wildman–Crippen LogP) is 3.16. The van der Waals surface area contributed by atoms with Gasteiger partial charge in [0.25, 0.3) is 0 Å². The van der Waals surface area contributed by atoms with Gasteiger partial charge in [-0.05, 0) is 24.6 Å². The summed E-state index contributed by atoms with van der Waals surface area (Å²) in [4.78, 5) is 15.4. The van der Waals surface area contributed by atoms with E-state index in [0.29, 0.717) is 19.0 Å². The Labute approximate surface area is 165 Å². The Kier molecular flexibility index (Phi) is 5.50. The van der Waals surface area contributed by atoms with Gasteiger partial charge in [-0.1, -0.05) is 26.0 Å². The minimum Gasteiger partial charge on any atom is -0.487 e. The normalized spacial score (nSPS) is 20.6. The number of hydrogen-bond acceptors (Lipinski definition) is 6. The SMILES string of the molecule is CC(C)c1nccc(CN2CC[C@@H](Oc3cccc4cnccc34)[C@H](O)C2)n1. The predicted molar refractivity (Wildman–Crippen MR) is 108 cm³/mol. The number of likely N-dealkylation sites (tertiary alicyclic amines) is 1. The maximum atomic E-state index is 10.7. The average molecular weight is 378 g/mol. The highest BCUT2D eigenvalue weighted by Gasteiger charge is 2.29. The van der Waals surface area contributed by atoms with E-state index in [0.717, 1.165) is 41.0 Å². The van der Waals surface area contributed by atoms with Gasteiger partial charge in [-0.2, -0.15) is 0 Å². The fourth-order valence-electron chi connectivity index (χ4n) is 3.62. The summed E-state index contributed by atoms with van der Waals surface area (Å²) in [5.41, 5.74) is 0.992. The fraction of sp³-hybridized carbons (Fsp3) is 0.409. The topological polar surface area (TPSA) is 71.4 Å². The third-order valence-electron chi connectivity index (χ3n) is 5.16. The third-order valence-corrected chi connectivity index (χ3v) is 5.16. The van der Waals surface area contributed by atoms with Crippen LogP contribution in [-0.4, -0.2) is 50.3 Å². The molecule has 4 rings (SSSR count). The van der Waals surface area contributed by atoms with E-state index in [-0.39, 0.29) is 6.10 Å². The molecule has 0 aliphatic carbocycles. The molecular weight excluding hydrogens is 352 g/mol. The number of aliphatic hydroxyl groups is 1. The van der Waals surface area contributed by atoms with Crippen LogP contribution < -0.4 is 4.74 Å². The molecule has 0 unspecified atom stereocenters. The number of fused-ring (bicyclic) bond motifs is 1. The first-order chi connectivity index (χ1) is 13.6. The Bertz CT molecular complexity index is 941. The number of aromatic nitrogens is 3. The maximum Gasteiger partial charge on any atom is 0.131 e. The molecule has 1 N–H and O–H groups in total. The molecule has 0 amide bonds. The van der Waals surface area contributed by atoms with Gasteiger partial charge in [0.15, 0.2) is 0 Å². The molecule has 1 aromatic carbocycles. The number of aliphatic hydroxyl groups excluding tert-OH is 1. The molecule has 1 aliphatic heterocycles. The summed E-state index contributed by atoms with van der Waals surface area (Å²) < 4.78 is 6.20. The zero-order chi connectivity index (χ0) is 19.5. The molecule has 0 bridgehead atoms. The first-order valence-corrected chi connectivity index (χ1v) is 9.82. The van der Waals surface area contributed by atoms with Crippen LogP contribution in [0.1, 0.15) is 37.7 Å². The van der Waals surface area contributed by atoms with Crippen molar-refractivity contribution in [3.8, 4) is 5.75 Å². The summed E-state index contributed by atoms with van der Waals surface area (Å²) in [7, 11) is 0. The van der Waals surface area contributed by atoms with Crippen LogP contribution in [-0.2, 0) is 6.54 Å². The Balaban J connectivity index is 1.41. The highest BCUT2D eigenvalue weighted by Crippen LogP contribution is 2.28. The third kappa shape index (κ3) is 4.13. The van der Waals surface area contributed by atoms with Gasteiger partial charge in [-0.3, -0.25) is 9.88 Å². The van der Waals surface area contributed by atoms with Crippen LogP contribution in [0.3, 0.4) is 0 Å². The molecule has 3 aromatic rings. The molecule has 146 valence electrons. The number of benzene rings is 1. The summed E-state index contributed by atoms with van der Waals surface area (Å²) in [6, 6.07) is 9.83. The van der Waals surface area contributed by atoms with Crippen LogP contribution in [0.15, 0.2) is 48.9 Å². The first-order valence-electron chi connectivity index (χ1n) is 9.82. The van der Waals surface area contributed by atoms with Crippen molar-refractivity contribution in [2.24, 2.45) is 0 Å². The molecule has 6 nitrogen and oxygen atoms in total. The van der Waals surface area contributed by atoms with E-state index in [1.807, 2.05) is 42.7 Å². The molecule has 2 atom stereocenters. The zero-order valence-corrected chi connectivity index (χ0v) is 16.3. The number of ether oxygens (including phenoxy) is 1. The molecule has 1 aliphatic rings. The summed E-state index contributed by atoms with van der Waals surface area (Å²) in [5.74, 6) is 1.97. The summed E-state index contributed by atoms with van der Waals surface area (Å²) in [6.07, 6.45) is 5.42. The van der Waals surface area contributed by atoms with Crippen LogP contribution in [0.5, 0.6) is 5.75 Å². The molecule has 28 heavy (non-hydrogen) atoms. The van der Waals surface area contributed by atoms with E-state index in [1.54, 1.807) is 6.20 Å². The Morgan fingerprint density at radius 3 is 2.93 bits per heavy atom. The van der Waals surface area contributed by atoms with Crippen molar-refractivity contribution in [3.63, 3.8) is 0 Å². The van der Waals surface area contributed by atoms with Gasteiger partial charge in [-0.15, -0.1) is 0 Å². The number of rotatable bonds is 5. The van der Waals surface area contributed by atoms with E-state index >= 15 is 0 Å². The minimum absolute atomic E-state index is 0.216. The monoisotopic (exact) mass is 378 g/mol. The van der Waals surface area contributed by atoms with Gasteiger partial charge in [0, 0.05) is 54.9 Å². The Morgan fingerprint density at radius 2 is 2.11 bits per heavy atom. The van der Waals surface area contributed by atoms with E-state index < -0.39 is 6.10 Å². The van der Waals surface area contributed by atoms with Gasteiger partial charge in [0.05, 0.1) is 5.69 Å². The molecule has 0 radical (unpaired) electrons. The van der Waals surface area contributed by atoms with Crippen molar-refractivity contribution >= 4 is 10.8 Å². The smallest absolute Gasteiger partial charge is 0.131 e. The maximum absolute atomic E-state index is 10.7. The fourth-order valence-corrected chi connectivity index (χ4v) is 3.62. The molecule has 6 heteroatoms. The summed E-state index contributed by atoms with van der Waals surface area (Å²) in [5, 5.41) is 12.7. The van der Waals surface area contributed by atoms with Gasteiger partial charge in [0.2, 0.25) is 0 Å². The largest absolute Gasteiger partial charge is 0.487 e.